The average molecular weight is 521 g/mol. The quantitative estimate of drug-likeness (QED) is 0.336. The molecule has 0 amide bonds. The third kappa shape index (κ3) is 4.55. The lowest BCUT2D eigenvalue weighted by molar-refractivity contribution is 0.122. The highest BCUT2D eigenvalue weighted by Gasteiger charge is 2.28. The van der Waals surface area contributed by atoms with E-state index < -0.39 is 6.23 Å². The van der Waals surface area contributed by atoms with Crippen LogP contribution in [-0.2, 0) is 17.6 Å². The number of benzene rings is 2. The lowest BCUT2D eigenvalue weighted by Gasteiger charge is -2.28. The van der Waals surface area contributed by atoms with Gasteiger partial charge in [-0.1, -0.05) is 17.7 Å². The van der Waals surface area contributed by atoms with Gasteiger partial charge in [0.1, 0.15) is 23.6 Å². The summed E-state index contributed by atoms with van der Waals surface area (Å²) in [5.74, 6) is 0.507. The van der Waals surface area contributed by atoms with Crippen LogP contribution < -0.4 is 16.0 Å². The third-order valence-electron chi connectivity index (χ3n) is 6.83. The Morgan fingerprint density at radius 2 is 1.86 bits per heavy atom. The molecule has 3 heterocycles. The van der Waals surface area contributed by atoms with Gasteiger partial charge >= 0.3 is 0 Å². The summed E-state index contributed by atoms with van der Waals surface area (Å²) < 4.78 is 20.8. The summed E-state index contributed by atoms with van der Waals surface area (Å²) in [5.41, 5.74) is 12.4. The van der Waals surface area contributed by atoms with Crippen molar-refractivity contribution in [2.75, 3.05) is 36.5 Å². The first-order chi connectivity index (χ1) is 18.0. The molecule has 6 rings (SSSR count). The smallest absolute Gasteiger partial charge is 0.147 e. The largest absolute Gasteiger partial charge is 0.378 e. The molecule has 0 saturated carbocycles. The van der Waals surface area contributed by atoms with Crippen LogP contribution in [0.3, 0.4) is 0 Å². The first-order valence-electron chi connectivity index (χ1n) is 12.2. The fraction of sp³-hybridized carbons (Fsp3) is 0.259. The van der Waals surface area contributed by atoms with Crippen LogP contribution in [0.25, 0.3) is 16.9 Å². The molecular formula is C27H26ClFN6O2. The number of aliphatic hydroxyl groups is 1. The molecule has 8 nitrogen and oxygen atoms in total. The zero-order valence-corrected chi connectivity index (χ0v) is 20.7. The molecule has 0 bridgehead atoms. The van der Waals surface area contributed by atoms with Crippen molar-refractivity contribution in [1.29, 1.82) is 0 Å². The summed E-state index contributed by atoms with van der Waals surface area (Å²) in [6.07, 6.45) is 1.92. The lowest BCUT2D eigenvalue weighted by atomic mass is 9.88. The molecule has 4 N–H and O–H groups in total. The number of fused-ring (bicyclic) bond motifs is 3. The Labute approximate surface area is 218 Å². The normalized spacial score (nSPS) is 15.7. The minimum absolute atomic E-state index is 0.332. The number of hydrogen-bond acceptors (Lipinski definition) is 7. The van der Waals surface area contributed by atoms with Gasteiger partial charge in [-0.15, -0.1) is 0 Å². The monoisotopic (exact) mass is 520 g/mol. The number of ether oxygens (including phenoxy) is 1. The molecule has 0 spiro atoms. The molecule has 1 unspecified atom stereocenters. The van der Waals surface area contributed by atoms with Crippen LogP contribution in [0.2, 0.25) is 5.02 Å². The van der Waals surface area contributed by atoms with Crippen molar-refractivity contribution in [2.24, 2.45) is 5.73 Å². The van der Waals surface area contributed by atoms with Gasteiger partial charge < -0.3 is 25.8 Å². The van der Waals surface area contributed by atoms with Gasteiger partial charge in [0.2, 0.25) is 0 Å². The maximum Gasteiger partial charge on any atom is 0.147 e. The molecule has 1 aliphatic carbocycles. The number of rotatable bonds is 5. The second-order valence-corrected chi connectivity index (χ2v) is 9.57. The molecule has 1 fully saturated rings. The molecular weight excluding hydrogens is 495 g/mol. The third-order valence-corrected chi connectivity index (χ3v) is 7.13. The van der Waals surface area contributed by atoms with Crippen molar-refractivity contribution in [2.45, 2.75) is 19.1 Å². The number of pyridine rings is 1. The van der Waals surface area contributed by atoms with Gasteiger partial charge in [0.25, 0.3) is 0 Å². The zero-order chi connectivity index (χ0) is 25.5. The fourth-order valence-corrected chi connectivity index (χ4v) is 5.14. The van der Waals surface area contributed by atoms with Gasteiger partial charge in [-0.2, -0.15) is 5.10 Å². The molecule has 2 aliphatic rings. The van der Waals surface area contributed by atoms with Crippen molar-refractivity contribution in [3.05, 3.63) is 82.4 Å². The average Bonchev–Trinajstić information content (AvgIpc) is 3.31. The van der Waals surface area contributed by atoms with E-state index in [1.54, 1.807) is 23.0 Å². The molecule has 1 atom stereocenters. The maximum atomic E-state index is 13.6. The van der Waals surface area contributed by atoms with Crippen LogP contribution in [-0.4, -0.2) is 46.2 Å². The van der Waals surface area contributed by atoms with Gasteiger partial charge in [-0.25, -0.2) is 14.1 Å². The van der Waals surface area contributed by atoms with Gasteiger partial charge in [0, 0.05) is 36.0 Å². The van der Waals surface area contributed by atoms with E-state index >= 15 is 0 Å². The van der Waals surface area contributed by atoms with E-state index in [0.29, 0.717) is 36.0 Å². The van der Waals surface area contributed by atoms with Crippen LogP contribution in [0, 0.1) is 5.82 Å². The van der Waals surface area contributed by atoms with E-state index in [4.69, 9.17) is 22.1 Å². The van der Waals surface area contributed by atoms with E-state index in [9.17, 15) is 9.50 Å². The predicted molar refractivity (Wildman–Crippen MR) is 141 cm³/mol. The number of aryl methyl sites for hydroxylation is 1. The van der Waals surface area contributed by atoms with Crippen LogP contribution in [0.1, 0.15) is 23.0 Å². The number of hydrogen-bond donors (Lipinski definition) is 3. The Hall–Kier alpha value is -3.50. The van der Waals surface area contributed by atoms with Crippen molar-refractivity contribution in [1.82, 2.24) is 14.8 Å². The SMILES string of the molecule is NC(O)c1nn(-c2ccc(F)cc2)c2c1CCc1ccc(Nc3cc(N4CCOCC4)ncc3Cl)cc1-2. The van der Waals surface area contributed by atoms with Crippen LogP contribution in [0.15, 0.2) is 54.7 Å². The lowest BCUT2D eigenvalue weighted by Crippen LogP contribution is -2.36. The second kappa shape index (κ2) is 9.75. The van der Waals surface area contributed by atoms with Crippen LogP contribution in [0.4, 0.5) is 21.6 Å². The molecule has 37 heavy (non-hydrogen) atoms. The number of nitrogens with zero attached hydrogens (tertiary/aromatic N) is 4. The number of aromatic nitrogens is 3. The Balaban J connectivity index is 1.40. The number of aliphatic hydroxyl groups excluding tert-OH is 1. The highest BCUT2D eigenvalue weighted by atomic mass is 35.5. The number of nitrogens with two attached hydrogens (primary N) is 1. The van der Waals surface area contributed by atoms with E-state index in [1.807, 2.05) is 18.2 Å². The second-order valence-electron chi connectivity index (χ2n) is 9.16. The molecule has 2 aromatic carbocycles. The van der Waals surface area contributed by atoms with Crippen molar-refractivity contribution in [3.63, 3.8) is 0 Å². The van der Waals surface area contributed by atoms with Gasteiger partial charge in [0.15, 0.2) is 0 Å². The minimum Gasteiger partial charge on any atom is -0.378 e. The Morgan fingerprint density at radius 1 is 1.08 bits per heavy atom. The summed E-state index contributed by atoms with van der Waals surface area (Å²) in [5, 5.41) is 18.8. The number of anilines is 3. The number of morpholine rings is 1. The fourth-order valence-electron chi connectivity index (χ4n) is 4.99. The Bertz CT molecular complexity index is 1450. The van der Waals surface area contributed by atoms with E-state index in [1.165, 1.54) is 12.1 Å². The summed E-state index contributed by atoms with van der Waals surface area (Å²) in [6, 6.07) is 14.2. The number of nitrogens with one attached hydrogen (secondary N) is 1. The summed E-state index contributed by atoms with van der Waals surface area (Å²) >= 11 is 6.51. The minimum atomic E-state index is -1.22. The number of halogens is 2. The first kappa shape index (κ1) is 23.9. The van der Waals surface area contributed by atoms with Gasteiger partial charge in [0.05, 0.1) is 41.5 Å². The maximum absolute atomic E-state index is 13.6. The Morgan fingerprint density at radius 3 is 2.62 bits per heavy atom. The van der Waals surface area contributed by atoms with Crippen LogP contribution in [0.5, 0.6) is 0 Å². The van der Waals surface area contributed by atoms with E-state index in [0.717, 1.165) is 59.1 Å². The molecule has 0 radical (unpaired) electrons. The topological polar surface area (TPSA) is 101 Å². The molecule has 190 valence electrons. The molecule has 1 saturated heterocycles. The van der Waals surface area contributed by atoms with E-state index in [-0.39, 0.29) is 5.82 Å². The van der Waals surface area contributed by atoms with Crippen LogP contribution >= 0.6 is 11.6 Å². The predicted octanol–water partition coefficient (Wildman–Crippen LogP) is 4.36. The summed E-state index contributed by atoms with van der Waals surface area (Å²) in [7, 11) is 0. The highest BCUT2D eigenvalue weighted by Crippen LogP contribution is 2.40. The molecule has 2 aromatic heterocycles. The standard InChI is InChI=1S/C27H26ClFN6O2/c28-22-15-31-24(34-9-11-37-12-10-34)14-23(22)32-18-5-1-16-2-8-20-25(27(30)36)33-35(26(20)21(16)13-18)19-6-3-17(29)4-7-19/h1,3-7,13-15,27,36H,2,8-12,30H2,(H,31,32). The van der Waals surface area contributed by atoms with Gasteiger partial charge in [-0.05, 0) is 54.8 Å². The Kier molecular flexibility index (Phi) is 6.29. The summed E-state index contributed by atoms with van der Waals surface area (Å²) in [4.78, 5) is 6.67. The molecule has 4 aromatic rings. The van der Waals surface area contributed by atoms with E-state index in [2.05, 4.69) is 26.4 Å². The highest BCUT2D eigenvalue weighted by molar-refractivity contribution is 6.33. The zero-order valence-electron chi connectivity index (χ0n) is 20.0. The first-order valence-corrected chi connectivity index (χ1v) is 12.6. The van der Waals surface area contributed by atoms with Crippen molar-refractivity contribution in [3.8, 4) is 16.9 Å². The molecule has 1 aliphatic heterocycles. The van der Waals surface area contributed by atoms with Crippen molar-refractivity contribution >= 4 is 28.8 Å². The van der Waals surface area contributed by atoms with Crippen molar-refractivity contribution < 1.29 is 14.2 Å². The summed E-state index contributed by atoms with van der Waals surface area (Å²) in [6.45, 7) is 2.89. The molecule has 10 heteroatoms. The van der Waals surface area contributed by atoms with Gasteiger partial charge in [-0.3, -0.25) is 0 Å².